The lowest BCUT2D eigenvalue weighted by Crippen LogP contribution is -2.29. The summed E-state index contributed by atoms with van der Waals surface area (Å²) < 4.78 is 38.6. The number of aryl methyl sites for hydroxylation is 1. The molecule has 1 amide bonds. The highest BCUT2D eigenvalue weighted by Gasteiger charge is 2.48. The smallest absolute Gasteiger partial charge is 0.300 e. The maximum Gasteiger partial charge on any atom is 0.300 e. The van der Waals surface area contributed by atoms with E-state index in [9.17, 15) is 23.5 Å². The Hall–Kier alpha value is -3.94. The summed E-state index contributed by atoms with van der Waals surface area (Å²) >= 11 is 0. The molecule has 0 bridgehead atoms. The van der Waals surface area contributed by atoms with Crippen molar-refractivity contribution in [3.05, 3.63) is 88.9 Å². The molecule has 6 nitrogen and oxygen atoms in total. The number of ether oxygens (including phenoxy) is 1. The molecule has 1 N–H and O–H groups in total. The highest BCUT2D eigenvalue weighted by molar-refractivity contribution is 6.51. The molecule has 8 heteroatoms. The minimum Gasteiger partial charge on any atom is -0.507 e. The number of hydrogen-bond acceptors (Lipinski definition) is 5. The molecule has 0 radical (unpaired) electrons. The van der Waals surface area contributed by atoms with Crippen molar-refractivity contribution in [2.24, 2.45) is 0 Å². The summed E-state index contributed by atoms with van der Waals surface area (Å²) in [6, 6.07) is 11.3. The zero-order chi connectivity index (χ0) is 23.7. The molecule has 1 aliphatic heterocycles. The summed E-state index contributed by atoms with van der Waals surface area (Å²) in [5, 5.41) is 11.0. The van der Waals surface area contributed by atoms with E-state index in [1.807, 2.05) is 6.92 Å². The number of hydrogen-bond donors (Lipinski definition) is 1. The number of nitrogens with zero attached hydrogens (tertiary/aromatic N) is 1. The van der Waals surface area contributed by atoms with Gasteiger partial charge in [0.15, 0.2) is 11.6 Å². The number of carbonyl (C=O) groups is 2. The topological polar surface area (TPSA) is 80.0 Å². The predicted octanol–water partition coefficient (Wildman–Crippen LogP) is 5.28. The van der Waals surface area contributed by atoms with Gasteiger partial charge in [0.25, 0.3) is 11.7 Å². The van der Waals surface area contributed by atoms with Crippen LogP contribution in [0.15, 0.2) is 64.6 Å². The second-order valence-electron chi connectivity index (χ2n) is 7.59. The van der Waals surface area contributed by atoms with Gasteiger partial charge in [0.1, 0.15) is 29.1 Å². The number of aliphatic hydroxyl groups excluding tert-OH is 1. The normalized spacial score (nSPS) is 17.6. The van der Waals surface area contributed by atoms with Crippen LogP contribution in [-0.2, 0) is 9.59 Å². The Labute approximate surface area is 188 Å². The highest BCUT2D eigenvalue weighted by atomic mass is 19.2. The van der Waals surface area contributed by atoms with Gasteiger partial charge in [0.05, 0.1) is 12.2 Å². The van der Waals surface area contributed by atoms with Gasteiger partial charge >= 0.3 is 0 Å². The van der Waals surface area contributed by atoms with Crippen molar-refractivity contribution in [2.45, 2.75) is 26.3 Å². The molecule has 0 spiro atoms. The summed E-state index contributed by atoms with van der Waals surface area (Å²) in [7, 11) is 0. The Morgan fingerprint density at radius 2 is 1.79 bits per heavy atom. The quantitative estimate of drug-likeness (QED) is 0.312. The minimum atomic E-state index is -1.17. The highest BCUT2D eigenvalue weighted by Crippen LogP contribution is 2.43. The second kappa shape index (κ2) is 8.90. The van der Waals surface area contributed by atoms with Crippen LogP contribution in [0, 0.1) is 18.6 Å². The van der Waals surface area contributed by atoms with Gasteiger partial charge < -0.3 is 14.3 Å². The molecule has 1 saturated heterocycles. The molecule has 1 aliphatic rings. The van der Waals surface area contributed by atoms with Crippen LogP contribution >= 0.6 is 0 Å². The van der Waals surface area contributed by atoms with E-state index in [0.717, 1.165) is 23.5 Å². The van der Waals surface area contributed by atoms with Crippen molar-refractivity contribution in [1.82, 2.24) is 0 Å². The number of carbonyl (C=O) groups excluding carboxylic acids is 2. The SMILES string of the molecule is CCCOc1ccc(/C(O)=C2/C(=O)C(=O)N(c3ccc(F)c(F)c3)C2c2ccc(C)o2)cc1. The monoisotopic (exact) mass is 453 g/mol. The van der Waals surface area contributed by atoms with E-state index in [-0.39, 0.29) is 22.6 Å². The maximum absolute atomic E-state index is 13.9. The number of furan rings is 1. The number of ketones is 1. The summed E-state index contributed by atoms with van der Waals surface area (Å²) in [4.78, 5) is 27.0. The fourth-order valence-corrected chi connectivity index (χ4v) is 3.69. The van der Waals surface area contributed by atoms with E-state index in [2.05, 4.69) is 0 Å². The van der Waals surface area contributed by atoms with Gasteiger partial charge in [-0.05, 0) is 61.9 Å². The summed E-state index contributed by atoms with van der Waals surface area (Å²) in [5.41, 5.74) is 0.0224. The molecule has 4 rings (SSSR count). The van der Waals surface area contributed by atoms with Gasteiger partial charge in [-0.3, -0.25) is 14.5 Å². The van der Waals surface area contributed by atoms with E-state index in [1.54, 1.807) is 43.3 Å². The third-order valence-corrected chi connectivity index (χ3v) is 5.26. The molecule has 33 heavy (non-hydrogen) atoms. The molecule has 2 heterocycles. The van der Waals surface area contributed by atoms with Gasteiger partial charge in [-0.1, -0.05) is 6.92 Å². The van der Waals surface area contributed by atoms with Gasteiger partial charge in [0, 0.05) is 17.3 Å². The molecule has 170 valence electrons. The molecule has 3 aromatic rings. The zero-order valence-electron chi connectivity index (χ0n) is 18.0. The number of benzene rings is 2. The Bertz CT molecular complexity index is 1250. The fourth-order valence-electron chi connectivity index (χ4n) is 3.69. The van der Waals surface area contributed by atoms with Crippen LogP contribution in [0.25, 0.3) is 5.76 Å². The van der Waals surface area contributed by atoms with Crippen molar-refractivity contribution < 1.29 is 32.6 Å². The third kappa shape index (κ3) is 4.11. The lowest BCUT2D eigenvalue weighted by Gasteiger charge is -2.23. The lowest BCUT2D eigenvalue weighted by molar-refractivity contribution is -0.132. The summed E-state index contributed by atoms with van der Waals surface area (Å²) in [5.74, 6) is -3.35. The average Bonchev–Trinajstić information content (AvgIpc) is 3.35. The first kappa shape index (κ1) is 22.3. The first-order chi connectivity index (χ1) is 15.8. The van der Waals surface area contributed by atoms with Gasteiger partial charge in [0.2, 0.25) is 0 Å². The number of Topliss-reactive ketones (excluding diaryl/α,β-unsaturated/α-hetero) is 1. The third-order valence-electron chi connectivity index (χ3n) is 5.26. The van der Waals surface area contributed by atoms with Crippen molar-refractivity contribution in [2.75, 3.05) is 11.5 Å². The number of aliphatic hydroxyl groups is 1. The predicted molar refractivity (Wildman–Crippen MR) is 117 cm³/mol. The van der Waals surface area contributed by atoms with Gasteiger partial charge in [-0.25, -0.2) is 8.78 Å². The van der Waals surface area contributed by atoms with Crippen LogP contribution in [-0.4, -0.2) is 23.4 Å². The maximum atomic E-state index is 13.9. The Kier molecular flexibility index (Phi) is 6.00. The molecular weight excluding hydrogens is 432 g/mol. The zero-order valence-corrected chi connectivity index (χ0v) is 18.0. The largest absolute Gasteiger partial charge is 0.507 e. The summed E-state index contributed by atoms with van der Waals surface area (Å²) in [6.07, 6.45) is 0.831. The van der Waals surface area contributed by atoms with Crippen molar-refractivity contribution in [3.63, 3.8) is 0 Å². The number of anilines is 1. The van der Waals surface area contributed by atoms with Crippen molar-refractivity contribution in [1.29, 1.82) is 0 Å². The molecule has 1 fully saturated rings. The molecule has 2 aromatic carbocycles. The molecule has 1 unspecified atom stereocenters. The Morgan fingerprint density at radius 3 is 2.39 bits per heavy atom. The second-order valence-corrected chi connectivity index (χ2v) is 7.59. The molecule has 1 aromatic heterocycles. The van der Waals surface area contributed by atoms with E-state index in [0.29, 0.717) is 18.1 Å². The van der Waals surface area contributed by atoms with Crippen LogP contribution in [0.1, 0.15) is 36.5 Å². The van der Waals surface area contributed by atoms with Crippen molar-refractivity contribution in [3.8, 4) is 5.75 Å². The van der Waals surface area contributed by atoms with E-state index in [4.69, 9.17) is 9.15 Å². The number of amides is 1. The molecule has 1 atom stereocenters. The van der Waals surface area contributed by atoms with E-state index >= 15 is 0 Å². The van der Waals surface area contributed by atoms with Crippen LogP contribution < -0.4 is 9.64 Å². The van der Waals surface area contributed by atoms with E-state index < -0.39 is 35.1 Å². The average molecular weight is 453 g/mol. The Balaban J connectivity index is 1.84. The van der Waals surface area contributed by atoms with Gasteiger partial charge in [-0.2, -0.15) is 0 Å². The summed E-state index contributed by atoms with van der Waals surface area (Å²) in [6.45, 7) is 4.19. The fraction of sp³-hybridized carbons (Fsp3) is 0.200. The number of rotatable bonds is 6. The lowest BCUT2D eigenvalue weighted by atomic mass is 9.99. The van der Waals surface area contributed by atoms with Crippen LogP contribution in [0.2, 0.25) is 0 Å². The van der Waals surface area contributed by atoms with Crippen LogP contribution in [0.5, 0.6) is 5.75 Å². The van der Waals surface area contributed by atoms with E-state index in [1.165, 1.54) is 6.07 Å². The Morgan fingerprint density at radius 1 is 1.06 bits per heavy atom. The first-order valence-electron chi connectivity index (χ1n) is 10.4. The van der Waals surface area contributed by atoms with Crippen molar-refractivity contribution >= 4 is 23.1 Å². The van der Waals surface area contributed by atoms with Gasteiger partial charge in [-0.15, -0.1) is 0 Å². The molecule has 0 aliphatic carbocycles. The minimum absolute atomic E-state index is 0.0441. The van der Waals surface area contributed by atoms with Crippen LogP contribution in [0.3, 0.4) is 0 Å². The first-order valence-corrected chi connectivity index (χ1v) is 10.4. The van der Waals surface area contributed by atoms with Crippen LogP contribution in [0.4, 0.5) is 14.5 Å². The molecular formula is C25H21F2NO5. The molecule has 0 saturated carbocycles. The standard InChI is InChI=1S/C25H21F2NO5/c1-3-12-32-17-8-5-15(6-9-17)23(29)21-22(20-11-4-14(2)33-20)28(25(31)24(21)30)16-7-10-18(26)19(27)13-16/h4-11,13,22,29H,3,12H2,1-2H3/b23-21-. The number of halogens is 2.